The Morgan fingerprint density at radius 1 is 1.30 bits per heavy atom. The monoisotopic (exact) mass is 268 g/mol. The van der Waals surface area contributed by atoms with Crippen LogP contribution in [0.5, 0.6) is 0 Å². The van der Waals surface area contributed by atoms with E-state index in [0.717, 1.165) is 16.9 Å². The summed E-state index contributed by atoms with van der Waals surface area (Å²) in [5.74, 6) is 0. The lowest BCUT2D eigenvalue weighted by atomic mass is 10.1. The molecule has 2 amide bonds. The zero-order valence-corrected chi connectivity index (χ0v) is 11.2. The van der Waals surface area contributed by atoms with Crippen molar-refractivity contribution in [1.29, 1.82) is 0 Å². The first-order valence-corrected chi connectivity index (χ1v) is 6.53. The molecule has 1 saturated heterocycles. The fourth-order valence-corrected chi connectivity index (χ4v) is 2.34. The van der Waals surface area contributed by atoms with Crippen molar-refractivity contribution >= 4 is 17.4 Å². The van der Waals surface area contributed by atoms with Crippen LogP contribution in [0.2, 0.25) is 0 Å². The number of benzene rings is 1. The maximum Gasteiger partial charge on any atom is 0.322 e. The van der Waals surface area contributed by atoms with Crippen molar-refractivity contribution < 1.29 is 4.79 Å². The van der Waals surface area contributed by atoms with Gasteiger partial charge in [0.25, 0.3) is 0 Å². The van der Waals surface area contributed by atoms with E-state index in [2.05, 4.69) is 15.6 Å². The molecule has 1 aliphatic rings. The van der Waals surface area contributed by atoms with Gasteiger partial charge < -0.3 is 10.6 Å². The molecule has 102 valence electrons. The predicted octanol–water partition coefficient (Wildman–Crippen LogP) is 2.39. The van der Waals surface area contributed by atoms with Crippen LogP contribution < -0.4 is 15.5 Å². The molecule has 1 aromatic carbocycles. The third kappa shape index (κ3) is 2.30. The number of aromatic nitrogens is 1. The molecule has 0 bridgehead atoms. The van der Waals surface area contributed by atoms with E-state index in [-0.39, 0.29) is 12.1 Å². The highest BCUT2D eigenvalue weighted by Gasteiger charge is 2.30. The van der Waals surface area contributed by atoms with Gasteiger partial charge in [0.1, 0.15) is 0 Å². The second-order valence-corrected chi connectivity index (χ2v) is 4.70. The van der Waals surface area contributed by atoms with E-state index < -0.39 is 0 Å². The summed E-state index contributed by atoms with van der Waals surface area (Å²) >= 11 is 0. The average Bonchev–Trinajstić information content (AvgIpc) is 2.90. The van der Waals surface area contributed by atoms with Crippen LogP contribution in [0, 0.1) is 0 Å². The smallest absolute Gasteiger partial charge is 0.322 e. The fraction of sp³-hybridized carbons (Fsp3) is 0.200. The standard InChI is InChI=1S/C15H16N4O/c1-16-12-4-6-13(7-5-12)19-10-14(18-15(19)20)11-3-2-8-17-9-11/h2-9,14,16H,10H2,1H3,(H,18,20). The van der Waals surface area contributed by atoms with E-state index in [0.29, 0.717) is 6.54 Å². The van der Waals surface area contributed by atoms with E-state index in [1.807, 2.05) is 43.4 Å². The van der Waals surface area contributed by atoms with Crippen molar-refractivity contribution in [3.05, 3.63) is 54.4 Å². The molecule has 2 N–H and O–H groups in total. The molecule has 0 aliphatic carbocycles. The zero-order valence-electron chi connectivity index (χ0n) is 11.2. The molecule has 5 nitrogen and oxygen atoms in total. The van der Waals surface area contributed by atoms with Gasteiger partial charge in [-0.05, 0) is 35.9 Å². The number of nitrogens with one attached hydrogen (secondary N) is 2. The van der Waals surface area contributed by atoms with Crippen LogP contribution in [0.15, 0.2) is 48.8 Å². The molecule has 1 aliphatic heterocycles. The topological polar surface area (TPSA) is 57.3 Å². The lowest BCUT2D eigenvalue weighted by Gasteiger charge is -2.15. The van der Waals surface area contributed by atoms with E-state index in [9.17, 15) is 4.79 Å². The van der Waals surface area contributed by atoms with Gasteiger partial charge in [-0.3, -0.25) is 9.88 Å². The Morgan fingerprint density at radius 3 is 2.75 bits per heavy atom. The number of carbonyl (C=O) groups is 1. The number of urea groups is 1. The Balaban J connectivity index is 1.80. The summed E-state index contributed by atoms with van der Waals surface area (Å²) in [5, 5.41) is 6.04. The molecule has 0 radical (unpaired) electrons. The first kappa shape index (κ1) is 12.5. The molecule has 0 saturated carbocycles. The Labute approximate surface area is 117 Å². The quantitative estimate of drug-likeness (QED) is 0.898. The second-order valence-electron chi connectivity index (χ2n) is 4.70. The molecular formula is C15H16N4O. The molecule has 2 heterocycles. The fourth-order valence-electron chi connectivity index (χ4n) is 2.34. The Morgan fingerprint density at radius 2 is 2.10 bits per heavy atom. The van der Waals surface area contributed by atoms with Crippen molar-refractivity contribution in [2.45, 2.75) is 6.04 Å². The normalized spacial score (nSPS) is 17.9. The number of hydrogen-bond acceptors (Lipinski definition) is 3. The van der Waals surface area contributed by atoms with E-state index in [1.54, 1.807) is 17.3 Å². The molecule has 2 aromatic rings. The zero-order chi connectivity index (χ0) is 13.9. The van der Waals surface area contributed by atoms with Crippen molar-refractivity contribution in [2.75, 3.05) is 23.8 Å². The number of nitrogens with zero attached hydrogens (tertiary/aromatic N) is 2. The van der Waals surface area contributed by atoms with Gasteiger partial charge in [-0.25, -0.2) is 4.79 Å². The molecule has 1 unspecified atom stereocenters. The summed E-state index contributed by atoms with van der Waals surface area (Å²) in [6.07, 6.45) is 3.52. The minimum atomic E-state index is -0.0731. The molecule has 3 rings (SSSR count). The summed E-state index contributed by atoms with van der Waals surface area (Å²) < 4.78 is 0. The molecule has 1 aromatic heterocycles. The number of rotatable bonds is 3. The molecule has 5 heteroatoms. The number of anilines is 2. The summed E-state index contributed by atoms with van der Waals surface area (Å²) in [5.41, 5.74) is 2.94. The Kier molecular flexibility index (Phi) is 3.25. The summed E-state index contributed by atoms with van der Waals surface area (Å²) in [6, 6.07) is 11.6. The van der Waals surface area contributed by atoms with Gasteiger partial charge in [0.05, 0.1) is 12.6 Å². The number of pyridine rings is 1. The summed E-state index contributed by atoms with van der Waals surface area (Å²) in [6.45, 7) is 0.615. The van der Waals surface area contributed by atoms with Crippen LogP contribution in [0.3, 0.4) is 0 Å². The first-order valence-electron chi connectivity index (χ1n) is 6.53. The molecular weight excluding hydrogens is 252 g/mol. The van der Waals surface area contributed by atoms with Gasteiger partial charge in [0.2, 0.25) is 0 Å². The van der Waals surface area contributed by atoms with Crippen molar-refractivity contribution in [3.63, 3.8) is 0 Å². The van der Waals surface area contributed by atoms with Crippen molar-refractivity contribution in [1.82, 2.24) is 10.3 Å². The van der Waals surface area contributed by atoms with Gasteiger partial charge in [-0.2, -0.15) is 0 Å². The minimum absolute atomic E-state index is 0.0137. The van der Waals surface area contributed by atoms with Crippen LogP contribution in [0.25, 0.3) is 0 Å². The maximum absolute atomic E-state index is 12.1. The van der Waals surface area contributed by atoms with E-state index in [4.69, 9.17) is 0 Å². The highest BCUT2D eigenvalue weighted by atomic mass is 16.2. The van der Waals surface area contributed by atoms with Crippen molar-refractivity contribution in [3.8, 4) is 0 Å². The van der Waals surface area contributed by atoms with Gasteiger partial charge in [0.15, 0.2) is 0 Å². The number of amides is 2. The summed E-state index contributed by atoms with van der Waals surface area (Å²) in [4.78, 5) is 17.9. The SMILES string of the molecule is CNc1ccc(N2CC(c3cccnc3)NC2=O)cc1. The van der Waals surface area contributed by atoms with E-state index in [1.165, 1.54) is 0 Å². The number of hydrogen-bond donors (Lipinski definition) is 2. The van der Waals surface area contributed by atoms with Crippen LogP contribution >= 0.6 is 0 Å². The Bertz CT molecular complexity index is 597. The lowest BCUT2D eigenvalue weighted by Crippen LogP contribution is -2.27. The lowest BCUT2D eigenvalue weighted by molar-refractivity contribution is 0.251. The molecule has 20 heavy (non-hydrogen) atoms. The van der Waals surface area contributed by atoms with E-state index >= 15 is 0 Å². The van der Waals surface area contributed by atoms with Crippen molar-refractivity contribution in [2.24, 2.45) is 0 Å². The third-order valence-electron chi connectivity index (χ3n) is 3.46. The van der Waals surface area contributed by atoms with Crippen LogP contribution in [0.4, 0.5) is 16.2 Å². The largest absolute Gasteiger partial charge is 0.388 e. The highest BCUT2D eigenvalue weighted by molar-refractivity contribution is 5.94. The first-order chi connectivity index (χ1) is 9.78. The third-order valence-corrected chi connectivity index (χ3v) is 3.46. The Hall–Kier alpha value is -2.56. The van der Waals surface area contributed by atoms with Gasteiger partial charge in [0, 0.05) is 30.8 Å². The van der Waals surface area contributed by atoms with Gasteiger partial charge in [-0.15, -0.1) is 0 Å². The highest BCUT2D eigenvalue weighted by Crippen LogP contribution is 2.26. The average molecular weight is 268 g/mol. The minimum Gasteiger partial charge on any atom is -0.388 e. The van der Waals surface area contributed by atoms with Crippen LogP contribution in [-0.4, -0.2) is 24.6 Å². The van der Waals surface area contributed by atoms with Gasteiger partial charge in [-0.1, -0.05) is 6.07 Å². The molecule has 1 atom stereocenters. The van der Waals surface area contributed by atoms with Gasteiger partial charge >= 0.3 is 6.03 Å². The predicted molar refractivity (Wildman–Crippen MR) is 78.8 cm³/mol. The van der Waals surface area contributed by atoms with Crippen LogP contribution in [-0.2, 0) is 0 Å². The maximum atomic E-state index is 12.1. The molecule has 1 fully saturated rings. The van der Waals surface area contributed by atoms with Crippen LogP contribution in [0.1, 0.15) is 11.6 Å². The summed E-state index contributed by atoms with van der Waals surface area (Å²) in [7, 11) is 1.87. The molecule has 0 spiro atoms. The second kappa shape index (κ2) is 5.21. The number of carbonyl (C=O) groups excluding carboxylic acids is 1.